The Bertz CT molecular complexity index is 681. The topological polar surface area (TPSA) is 122 Å². The third kappa shape index (κ3) is 6.01. The summed E-state index contributed by atoms with van der Waals surface area (Å²) >= 11 is 0. The highest BCUT2D eigenvalue weighted by atomic mass is 16.4. The SMILES string of the molecule is CCCN1C[C@@H](C(=O)O)N(C(C)C)C1=O.CCCN1C[C@@H](C(=O)O)N(CC2CC2)C1=O. The molecular weight excluding hydrogens is 404 g/mol. The van der Waals surface area contributed by atoms with Crippen molar-refractivity contribution in [3.8, 4) is 0 Å². The molecule has 176 valence electrons. The second kappa shape index (κ2) is 10.7. The van der Waals surface area contributed by atoms with E-state index in [0.717, 1.165) is 25.7 Å². The van der Waals surface area contributed by atoms with Crippen molar-refractivity contribution in [3.63, 3.8) is 0 Å². The molecular formula is C21H36N4O6. The third-order valence-electron chi connectivity index (χ3n) is 5.77. The molecule has 1 saturated carbocycles. The first-order valence-corrected chi connectivity index (χ1v) is 11.2. The van der Waals surface area contributed by atoms with Crippen LogP contribution in [-0.4, -0.2) is 105 Å². The van der Waals surface area contributed by atoms with Gasteiger partial charge in [-0.15, -0.1) is 0 Å². The maximum Gasteiger partial charge on any atom is 0.328 e. The lowest BCUT2D eigenvalue weighted by atomic mass is 10.2. The second-order valence-corrected chi connectivity index (χ2v) is 8.76. The Morgan fingerprint density at radius 3 is 1.77 bits per heavy atom. The van der Waals surface area contributed by atoms with Crippen LogP contribution in [0, 0.1) is 5.92 Å². The number of urea groups is 2. The van der Waals surface area contributed by atoms with Crippen LogP contribution in [0.1, 0.15) is 53.4 Å². The molecule has 31 heavy (non-hydrogen) atoms. The van der Waals surface area contributed by atoms with Gasteiger partial charge < -0.3 is 29.8 Å². The van der Waals surface area contributed by atoms with Gasteiger partial charge in [0.2, 0.25) is 0 Å². The highest BCUT2D eigenvalue weighted by Crippen LogP contribution is 2.32. The summed E-state index contributed by atoms with van der Waals surface area (Å²) in [6.45, 7) is 10.2. The summed E-state index contributed by atoms with van der Waals surface area (Å²) < 4.78 is 0. The zero-order chi connectivity index (χ0) is 23.3. The quantitative estimate of drug-likeness (QED) is 0.565. The first kappa shape index (κ1) is 24.7. The first-order valence-electron chi connectivity index (χ1n) is 11.2. The van der Waals surface area contributed by atoms with E-state index in [0.29, 0.717) is 38.6 Å². The summed E-state index contributed by atoms with van der Waals surface area (Å²) in [7, 11) is 0. The summed E-state index contributed by atoms with van der Waals surface area (Å²) in [5.74, 6) is -1.27. The van der Waals surface area contributed by atoms with Gasteiger partial charge in [-0.3, -0.25) is 0 Å². The van der Waals surface area contributed by atoms with Gasteiger partial charge in [0.1, 0.15) is 12.1 Å². The number of rotatable bonds is 9. The zero-order valence-corrected chi connectivity index (χ0v) is 19.0. The van der Waals surface area contributed by atoms with E-state index in [1.165, 1.54) is 9.80 Å². The van der Waals surface area contributed by atoms with Crippen molar-refractivity contribution in [1.29, 1.82) is 0 Å². The first-order chi connectivity index (χ1) is 14.6. The Kier molecular flexibility index (Phi) is 8.52. The Labute approximate surface area is 183 Å². The predicted octanol–water partition coefficient (Wildman–Crippen LogP) is 1.99. The lowest BCUT2D eigenvalue weighted by molar-refractivity contribution is -0.142. The van der Waals surface area contributed by atoms with E-state index in [1.807, 2.05) is 27.7 Å². The number of hydrogen-bond acceptors (Lipinski definition) is 4. The van der Waals surface area contributed by atoms with Gasteiger partial charge in [0.05, 0.1) is 13.1 Å². The number of carboxylic acid groups (broad SMARTS) is 2. The maximum absolute atomic E-state index is 12.0. The lowest BCUT2D eigenvalue weighted by Crippen LogP contribution is -2.44. The Hall–Kier alpha value is -2.52. The van der Waals surface area contributed by atoms with E-state index in [-0.39, 0.29) is 18.1 Å². The third-order valence-corrected chi connectivity index (χ3v) is 5.77. The van der Waals surface area contributed by atoms with Crippen LogP contribution in [0.25, 0.3) is 0 Å². The number of carboxylic acids is 2. The Morgan fingerprint density at radius 1 is 0.903 bits per heavy atom. The number of aliphatic carboxylic acids is 2. The standard InChI is InChI=1S/C11H18N2O3.C10H18N2O3/c1-2-5-12-7-9(10(14)15)13(11(12)16)6-8-3-4-8;1-4-5-11-6-8(9(13)14)12(7(2)3)10(11)15/h8-9H,2-7H2,1H3,(H,14,15);7-8H,4-6H2,1-3H3,(H,13,14)/t9-;8-/m00/s1. The molecule has 2 aliphatic heterocycles. The van der Waals surface area contributed by atoms with Crippen molar-refractivity contribution in [3.05, 3.63) is 0 Å². The Balaban J connectivity index is 0.000000221. The minimum Gasteiger partial charge on any atom is -0.480 e. The van der Waals surface area contributed by atoms with Crippen LogP contribution in [0.2, 0.25) is 0 Å². The highest BCUT2D eigenvalue weighted by molar-refractivity contribution is 5.87. The molecule has 0 aromatic rings. The van der Waals surface area contributed by atoms with E-state index < -0.39 is 24.0 Å². The second-order valence-electron chi connectivity index (χ2n) is 8.76. The average Bonchev–Trinajstić information content (AvgIpc) is 3.38. The molecule has 0 spiro atoms. The van der Waals surface area contributed by atoms with E-state index in [1.54, 1.807) is 9.80 Å². The van der Waals surface area contributed by atoms with Crippen LogP contribution in [0.3, 0.4) is 0 Å². The van der Waals surface area contributed by atoms with Gasteiger partial charge in [-0.25, -0.2) is 19.2 Å². The van der Waals surface area contributed by atoms with Crippen LogP contribution in [-0.2, 0) is 9.59 Å². The van der Waals surface area contributed by atoms with Crippen molar-refractivity contribution in [1.82, 2.24) is 19.6 Å². The molecule has 0 aromatic carbocycles. The number of carbonyl (C=O) groups excluding carboxylic acids is 2. The summed E-state index contributed by atoms with van der Waals surface area (Å²) in [5.41, 5.74) is 0. The summed E-state index contributed by atoms with van der Waals surface area (Å²) in [6.07, 6.45) is 3.98. The number of amides is 4. The number of hydrogen-bond donors (Lipinski definition) is 2. The predicted molar refractivity (Wildman–Crippen MR) is 114 cm³/mol. The largest absolute Gasteiger partial charge is 0.480 e. The van der Waals surface area contributed by atoms with Gasteiger partial charge in [-0.05, 0) is 45.4 Å². The van der Waals surface area contributed by atoms with Crippen molar-refractivity contribution in [2.75, 3.05) is 32.7 Å². The van der Waals surface area contributed by atoms with Gasteiger partial charge in [-0.1, -0.05) is 13.8 Å². The van der Waals surface area contributed by atoms with Crippen molar-refractivity contribution < 1.29 is 29.4 Å². The van der Waals surface area contributed by atoms with E-state index in [4.69, 9.17) is 10.2 Å². The van der Waals surface area contributed by atoms with Crippen molar-refractivity contribution in [2.24, 2.45) is 5.92 Å². The molecule has 0 radical (unpaired) electrons. The fourth-order valence-electron chi connectivity index (χ4n) is 4.06. The van der Waals surface area contributed by atoms with Crippen LogP contribution >= 0.6 is 0 Å². The smallest absolute Gasteiger partial charge is 0.328 e. The fourth-order valence-corrected chi connectivity index (χ4v) is 4.06. The summed E-state index contributed by atoms with van der Waals surface area (Å²) in [4.78, 5) is 52.1. The summed E-state index contributed by atoms with van der Waals surface area (Å²) in [5, 5.41) is 18.1. The van der Waals surface area contributed by atoms with Crippen molar-refractivity contribution >= 4 is 24.0 Å². The van der Waals surface area contributed by atoms with Gasteiger partial charge in [0, 0.05) is 25.7 Å². The van der Waals surface area contributed by atoms with Crippen LogP contribution in [0.15, 0.2) is 0 Å². The zero-order valence-electron chi connectivity index (χ0n) is 19.0. The molecule has 10 heteroatoms. The molecule has 2 saturated heterocycles. The molecule has 0 unspecified atom stereocenters. The van der Waals surface area contributed by atoms with Gasteiger partial charge >= 0.3 is 24.0 Å². The normalized spacial score (nSPS) is 23.5. The van der Waals surface area contributed by atoms with Crippen LogP contribution in [0.4, 0.5) is 9.59 Å². The molecule has 4 amide bonds. The molecule has 1 aliphatic carbocycles. The molecule has 2 N–H and O–H groups in total. The minimum absolute atomic E-state index is 0.0690. The van der Waals surface area contributed by atoms with E-state index >= 15 is 0 Å². The molecule has 0 bridgehead atoms. The molecule has 3 rings (SSSR count). The fraction of sp³-hybridized carbons (Fsp3) is 0.810. The van der Waals surface area contributed by atoms with Gasteiger partial charge in [-0.2, -0.15) is 0 Å². The van der Waals surface area contributed by atoms with Gasteiger partial charge in [0.25, 0.3) is 0 Å². The van der Waals surface area contributed by atoms with Crippen LogP contribution in [0.5, 0.6) is 0 Å². The molecule has 10 nitrogen and oxygen atoms in total. The van der Waals surface area contributed by atoms with Gasteiger partial charge in [0.15, 0.2) is 0 Å². The van der Waals surface area contributed by atoms with E-state index in [9.17, 15) is 19.2 Å². The Morgan fingerprint density at radius 2 is 1.39 bits per heavy atom. The molecule has 2 atom stereocenters. The lowest BCUT2D eigenvalue weighted by Gasteiger charge is -2.24. The molecule has 3 aliphatic rings. The average molecular weight is 441 g/mol. The maximum atomic E-state index is 12.0. The van der Waals surface area contributed by atoms with Crippen molar-refractivity contribution in [2.45, 2.75) is 71.5 Å². The minimum atomic E-state index is -0.921. The number of carbonyl (C=O) groups is 4. The summed E-state index contributed by atoms with van der Waals surface area (Å²) in [6, 6.07) is -1.65. The number of nitrogens with zero attached hydrogens (tertiary/aromatic N) is 4. The van der Waals surface area contributed by atoms with E-state index in [2.05, 4.69) is 0 Å². The monoisotopic (exact) mass is 440 g/mol. The molecule has 0 aromatic heterocycles. The molecule has 3 fully saturated rings. The molecule has 2 heterocycles. The van der Waals surface area contributed by atoms with Crippen LogP contribution < -0.4 is 0 Å². The highest BCUT2D eigenvalue weighted by Gasteiger charge is 2.43.